The number of aromatic amines is 1. The maximum Gasteiger partial charge on any atom is 0.407 e. The second-order valence-electron chi connectivity index (χ2n) is 5.77. The number of nitrogens with zero attached hydrogens (tertiary/aromatic N) is 2. The molecule has 8 heteroatoms. The molecule has 2 aromatic rings. The lowest BCUT2D eigenvalue weighted by molar-refractivity contribution is 0.0530. The Morgan fingerprint density at radius 3 is 2.61 bits per heavy atom. The minimum Gasteiger partial charge on any atom is -0.444 e. The number of nitrogens with one attached hydrogen (secondary N) is 3. The Kier molecular flexibility index (Phi) is 5.86. The normalized spacial score (nSPS) is 11.1. The van der Waals surface area contributed by atoms with Crippen LogP contribution in [0.25, 0.3) is 0 Å². The Morgan fingerprint density at radius 2 is 2.00 bits per heavy atom. The van der Waals surface area contributed by atoms with Crippen LogP contribution in [0.2, 0.25) is 0 Å². The average molecular weight is 335 g/mol. The van der Waals surface area contributed by atoms with E-state index in [1.807, 2.05) is 45.0 Å². The van der Waals surface area contributed by atoms with E-state index >= 15 is 0 Å². The number of alkyl carbamates (subject to hydrolysis) is 1. The molecule has 124 valence electrons. The minimum atomic E-state index is -0.478. The highest BCUT2D eigenvalue weighted by Gasteiger charge is 2.15. The van der Waals surface area contributed by atoms with Gasteiger partial charge in [-0.1, -0.05) is 11.8 Å². The molecule has 0 spiro atoms. The van der Waals surface area contributed by atoms with Crippen LogP contribution in [0.4, 0.5) is 10.5 Å². The van der Waals surface area contributed by atoms with E-state index in [1.54, 1.807) is 0 Å². The van der Waals surface area contributed by atoms with Gasteiger partial charge < -0.3 is 15.4 Å². The number of hydrogen-bond donors (Lipinski definition) is 3. The van der Waals surface area contributed by atoms with Crippen molar-refractivity contribution in [2.45, 2.75) is 36.4 Å². The third-order valence-electron chi connectivity index (χ3n) is 2.58. The van der Waals surface area contributed by atoms with Gasteiger partial charge in [-0.25, -0.2) is 9.78 Å². The number of amides is 1. The van der Waals surface area contributed by atoms with Gasteiger partial charge in [0.1, 0.15) is 11.9 Å². The third-order valence-corrected chi connectivity index (χ3v) is 3.48. The molecule has 1 heterocycles. The SMILES string of the molecule is CC(C)(C)OC(=O)NCCNc1ccc(Sc2ncn[nH]2)cc1. The molecule has 0 radical (unpaired) electrons. The Morgan fingerprint density at radius 1 is 1.26 bits per heavy atom. The molecule has 0 saturated heterocycles. The molecule has 0 aliphatic carbocycles. The van der Waals surface area contributed by atoms with Crippen LogP contribution in [0.1, 0.15) is 20.8 Å². The average Bonchev–Trinajstić information content (AvgIpc) is 2.96. The van der Waals surface area contributed by atoms with Crippen molar-refractivity contribution in [1.82, 2.24) is 20.5 Å². The van der Waals surface area contributed by atoms with Crippen molar-refractivity contribution in [3.63, 3.8) is 0 Å². The molecule has 1 amide bonds. The summed E-state index contributed by atoms with van der Waals surface area (Å²) in [5.41, 5.74) is 0.507. The first-order valence-corrected chi connectivity index (χ1v) is 8.08. The summed E-state index contributed by atoms with van der Waals surface area (Å²) in [4.78, 5) is 16.6. The van der Waals surface area contributed by atoms with Crippen molar-refractivity contribution in [2.75, 3.05) is 18.4 Å². The van der Waals surface area contributed by atoms with E-state index in [0.29, 0.717) is 13.1 Å². The molecule has 0 unspecified atom stereocenters. The monoisotopic (exact) mass is 335 g/mol. The summed E-state index contributed by atoms with van der Waals surface area (Å²) < 4.78 is 5.16. The highest BCUT2D eigenvalue weighted by molar-refractivity contribution is 7.99. The van der Waals surface area contributed by atoms with Gasteiger partial charge in [0.15, 0.2) is 5.16 Å². The van der Waals surface area contributed by atoms with Gasteiger partial charge in [0, 0.05) is 23.7 Å². The van der Waals surface area contributed by atoms with E-state index < -0.39 is 11.7 Å². The molecule has 0 bridgehead atoms. The van der Waals surface area contributed by atoms with Crippen LogP contribution in [-0.2, 0) is 4.74 Å². The second-order valence-corrected chi connectivity index (χ2v) is 6.83. The van der Waals surface area contributed by atoms with Gasteiger partial charge >= 0.3 is 6.09 Å². The number of aromatic nitrogens is 3. The standard InChI is InChI=1S/C15H21N5O2S/c1-15(2,3)22-14(21)17-9-8-16-11-4-6-12(7-5-11)23-13-18-10-19-20-13/h4-7,10,16H,8-9H2,1-3H3,(H,17,21)(H,18,19,20). The molecular weight excluding hydrogens is 314 g/mol. The summed E-state index contributed by atoms with van der Waals surface area (Å²) >= 11 is 1.51. The first-order chi connectivity index (χ1) is 10.9. The van der Waals surface area contributed by atoms with Crippen molar-refractivity contribution in [1.29, 1.82) is 0 Å². The number of benzene rings is 1. The number of carbonyl (C=O) groups excluding carboxylic acids is 1. The highest BCUT2D eigenvalue weighted by Crippen LogP contribution is 2.24. The second kappa shape index (κ2) is 7.87. The topological polar surface area (TPSA) is 91.9 Å². The van der Waals surface area contributed by atoms with Crippen molar-refractivity contribution >= 4 is 23.5 Å². The number of H-pyrrole nitrogens is 1. The summed E-state index contributed by atoms with van der Waals surface area (Å²) in [6.07, 6.45) is 1.08. The van der Waals surface area contributed by atoms with Crippen LogP contribution in [0.15, 0.2) is 40.6 Å². The van der Waals surface area contributed by atoms with E-state index in [9.17, 15) is 4.79 Å². The minimum absolute atomic E-state index is 0.405. The number of carbonyl (C=O) groups is 1. The van der Waals surface area contributed by atoms with Gasteiger partial charge in [-0.2, -0.15) is 5.10 Å². The maximum atomic E-state index is 11.5. The Labute approximate surface area is 139 Å². The predicted molar refractivity (Wildman–Crippen MR) is 89.7 cm³/mol. The van der Waals surface area contributed by atoms with Gasteiger partial charge in [-0.3, -0.25) is 5.10 Å². The molecule has 0 aliphatic heterocycles. The lowest BCUT2D eigenvalue weighted by Crippen LogP contribution is -2.34. The van der Waals surface area contributed by atoms with Crippen LogP contribution >= 0.6 is 11.8 Å². The van der Waals surface area contributed by atoms with Crippen LogP contribution in [0.3, 0.4) is 0 Å². The van der Waals surface area contributed by atoms with Crippen molar-refractivity contribution in [3.05, 3.63) is 30.6 Å². The molecule has 0 atom stereocenters. The number of ether oxygens (including phenoxy) is 1. The van der Waals surface area contributed by atoms with Crippen molar-refractivity contribution in [2.24, 2.45) is 0 Å². The summed E-state index contributed by atoms with van der Waals surface area (Å²) in [7, 11) is 0. The van der Waals surface area contributed by atoms with Crippen molar-refractivity contribution < 1.29 is 9.53 Å². The zero-order valence-corrected chi connectivity index (χ0v) is 14.2. The predicted octanol–water partition coefficient (Wildman–Crippen LogP) is 2.89. The quantitative estimate of drug-likeness (QED) is 0.703. The first-order valence-electron chi connectivity index (χ1n) is 7.26. The lowest BCUT2D eigenvalue weighted by Gasteiger charge is -2.19. The Hall–Kier alpha value is -2.22. The Balaban J connectivity index is 1.69. The summed E-state index contributed by atoms with van der Waals surface area (Å²) in [5, 5.41) is 13.3. The zero-order valence-electron chi connectivity index (χ0n) is 13.4. The molecule has 23 heavy (non-hydrogen) atoms. The van der Waals surface area contributed by atoms with E-state index in [4.69, 9.17) is 4.74 Å². The molecule has 1 aromatic carbocycles. The molecule has 2 rings (SSSR count). The zero-order chi connectivity index (χ0) is 16.7. The number of hydrogen-bond acceptors (Lipinski definition) is 6. The van der Waals surface area contributed by atoms with Gasteiger partial charge in [0.2, 0.25) is 0 Å². The van der Waals surface area contributed by atoms with Crippen molar-refractivity contribution in [3.8, 4) is 0 Å². The molecular formula is C15H21N5O2S. The van der Waals surface area contributed by atoms with E-state index in [-0.39, 0.29) is 0 Å². The van der Waals surface area contributed by atoms with E-state index in [2.05, 4.69) is 25.8 Å². The Bertz CT molecular complexity index is 608. The van der Waals surface area contributed by atoms with Crippen LogP contribution in [0, 0.1) is 0 Å². The van der Waals surface area contributed by atoms with Gasteiger partial charge in [0.05, 0.1) is 0 Å². The smallest absolute Gasteiger partial charge is 0.407 e. The van der Waals surface area contributed by atoms with Crippen LogP contribution < -0.4 is 10.6 Å². The maximum absolute atomic E-state index is 11.5. The molecule has 3 N–H and O–H groups in total. The summed E-state index contributed by atoms with van der Waals surface area (Å²) in [6.45, 7) is 6.62. The van der Waals surface area contributed by atoms with E-state index in [0.717, 1.165) is 15.7 Å². The van der Waals surface area contributed by atoms with Gasteiger partial charge in [0.25, 0.3) is 0 Å². The fourth-order valence-corrected chi connectivity index (χ4v) is 2.38. The fourth-order valence-electron chi connectivity index (χ4n) is 1.68. The molecule has 0 saturated carbocycles. The molecule has 0 fully saturated rings. The summed E-state index contributed by atoms with van der Waals surface area (Å²) in [6, 6.07) is 7.95. The third kappa shape index (κ3) is 6.60. The highest BCUT2D eigenvalue weighted by atomic mass is 32.2. The van der Waals surface area contributed by atoms with Crippen LogP contribution in [0.5, 0.6) is 0 Å². The van der Waals surface area contributed by atoms with Crippen LogP contribution in [-0.4, -0.2) is 40.0 Å². The number of anilines is 1. The van der Waals surface area contributed by atoms with E-state index in [1.165, 1.54) is 18.1 Å². The lowest BCUT2D eigenvalue weighted by atomic mass is 10.2. The number of rotatable bonds is 6. The fraction of sp³-hybridized carbons (Fsp3) is 0.400. The first kappa shape index (κ1) is 17.1. The largest absolute Gasteiger partial charge is 0.444 e. The van der Waals surface area contributed by atoms with Gasteiger partial charge in [-0.15, -0.1) is 0 Å². The summed E-state index contributed by atoms with van der Waals surface area (Å²) in [5.74, 6) is 0. The van der Waals surface area contributed by atoms with Gasteiger partial charge in [-0.05, 0) is 45.0 Å². The molecule has 1 aromatic heterocycles. The molecule has 7 nitrogen and oxygen atoms in total. The molecule has 0 aliphatic rings.